The van der Waals surface area contributed by atoms with Gasteiger partial charge in [0.25, 0.3) is 5.91 Å². The Balaban J connectivity index is 1.49. The van der Waals surface area contributed by atoms with Crippen molar-refractivity contribution in [3.63, 3.8) is 0 Å². The van der Waals surface area contributed by atoms with E-state index in [9.17, 15) is 22.8 Å². The number of thiazole rings is 1. The maximum absolute atomic E-state index is 12.7. The molecule has 0 saturated carbocycles. The van der Waals surface area contributed by atoms with Crippen molar-refractivity contribution in [2.45, 2.75) is 46.1 Å². The molecule has 0 radical (unpaired) electrons. The number of benzene rings is 1. The highest BCUT2D eigenvalue weighted by molar-refractivity contribution is 7.92. The average molecular weight is 550 g/mol. The Morgan fingerprint density at radius 3 is 2.58 bits per heavy atom. The fraction of sp³-hybridized carbons (Fsp3) is 0.417. The summed E-state index contributed by atoms with van der Waals surface area (Å²) in [7, 11) is -4.09. The second-order valence-corrected chi connectivity index (χ2v) is 12.5. The highest BCUT2D eigenvalue weighted by Crippen LogP contribution is 2.38. The molecule has 2 heterocycles. The summed E-state index contributed by atoms with van der Waals surface area (Å²) in [6.45, 7) is 4.37. The quantitative estimate of drug-likeness (QED) is 0.430. The van der Waals surface area contributed by atoms with E-state index < -0.39 is 39.1 Å². The summed E-state index contributed by atoms with van der Waals surface area (Å²) in [5.41, 5.74) is 2.08. The molecule has 192 valence electrons. The predicted molar refractivity (Wildman–Crippen MR) is 140 cm³/mol. The van der Waals surface area contributed by atoms with Gasteiger partial charge in [-0.25, -0.2) is 13.2 Å². The molecule has 2 amide bonds. The van der Waals surface area contributed by atoms with Crippen molar-refractivity contribution >= 4 is 65.5 Å². The van der Waals surface area contributed by atoms with Gasteiger partial charge in [0, 0.05) is 11.4 Å². The Labute approximate surface area is 216 Å². The van der Waals surface area contributed by atoms with Gasteiger partial charge in [0.05, 0.1) is 22.4 Å². The monoisotopic (exact) mass is 549 g/mol. The number of sulfone groups is 1. The molecular weight excluding hydrogens is 522 g/mol. The van der Waals surface area contributed by atoms with E-state index in [2.05, 4.69) is 10.3 Å². The van der Waals surface area contributed by atoms with Crippen molar-refractivity contribution in [1.29, 1.82) is 0 Å². The van der Waals surface area contributed by atoms with Gasteiger partial charge in [0.2, 0.25) is 5.91 Å². The van der Waals surface area contributed by atoms with Crippen LogP contribution in [-0.4, -0.2) is 48.9 Å². The predicted octanol–water partition coefficient (Wildman–Crippen LogP) is 3.32. The first kappa shape index (κ1) is 26.2. The first-order chi connectivity index (χ1) is 17.2. The van der Waals surface area contributed by atoms with Gasteiger partial charge < -0.3 is 14.6 Å². The summed E-state index contributed by atoms with van der Waals surface area (Å²) in [6, 6.07) is 7.58. The molecule has 1 aromatic carbocycles. The van der Waals surface area contributed by atoms with Crippen molar-refractivity contribution in [3.8, 4) is 0 Å². The van der Waals surface area contributed by atoms with Crippen LogP contribution in [0.3, 0.4) is 0 Å². The molecule has 0 aliphatic heterocycles. The fourth-order valence-electron chi connectivity index (χ4n) is 4.23. The maximum Gasteiger partial charge on any atom is 0.341 e. The third kappa shape index (κ3) is 5.76. The Bertz CT molecular complexity index is 1500. The van der Waals surface area contributed by atoms with E-state index in [0.29, 0.717) is 28.3 Å². The molecule has 0 atom stereocenters. The van der Waals surface area contributed by atoms with Gasteiger partial charge >= 0.3 is 5.97 Å². The number of aromatic nitrogens is 1. The number of thiophene rings is 1. The van der Waals surface area contributed by atoms with Crippen LogP contribution in [0.25, 0.3) is 10.2 Å². The van der Waals surface area contributed by atoms with Crippen LogP contribution in [0.5, 0.6) is 0 Å². The summed E-state index contributed by atoms with van der Waals surface area (Å²) in [4.78, 5) is 43.2. The van der Waals surface area contributed by atoms with Crippen molar-refractivity contribution in [2.75, 3.05) is 23.4 Å². The van der Waals surface area contributed by atoms with Gasteiger partial charge in [-0.3, -0.25) is 9.59 Å². The van der Waals surface area contributed by atoms with Crippen molar-refractivity contribution in [3.05, 3.63) is 45.1 Å². The molecule has 1 aliphatic carbocycles. The molecule has 36 heavy (non-hydrogen) atoms. The lowest BCUT2D eigenvalue weighted by atomic mass is 9.95. The Morgan fingerprint density at radius 1 is 1.08 bits per heavy atom. The van der Waals surface area contributed by atoms with Crippen LogP contribution in [0.1, 0.15) is 47.5 Å². The second kappa shape index (κ2) is 11.1. The number of aryl methyl sites for hydroxylation is 2. The number of nitrogens with one attached hydrogen (secondary N) is 1. The van der Waals surface area contributed by atoms with Crippen molar-refractivity contribution in [2.24, 2.45) is 4.99 Å². The summed E-state index contributed by atoms with van der Waals surface area (Å²) < 4.78 is 33.2. The van der Waals surface area contributed by atoms with E-state index in [1.54, 1.807) is 6.92 Å². The van der Waals surface area contributed by atoms with Gasteiger partial charge in [-0.1, -0.05) is 23.5 Å². The van der Waals surface area contributed by atoms with Crippen LogP contribution in [-0.2, 0) is 43.5 Å². The van der Waals surface area contributed by atoms with Crippen LogP contribution in [0.15, 0.2) is 29.3 Å². The van der Waals surface area contributed by atoms with E-state index in [-0.39, 0.29) is 6.61 Å². The van der Waals surface area contributed by atoms with Gasteiger partial charge in [0.15, 0.2) is 14.6 Å². The normalized spacial score (nSPS) is 14.0. The van der Waals surface area contributed by atoms with Gasteiger partial charge in [0.1, 0.15) is 16.5 Å². The minimum atomic E-state index is -4.09. The number of ether oxygens (including phenoxy) is 1. The molecule has 9 nitrogen and oxygen atoms in total. The fourth-order valence-corrected chi connectivity index (χ4v) is 7.64. The Hall–Kier alpha value is -2.83. The number of hydrogen-bond donors (Lipinski definition) is 1. The van der Waals surface area contributed by atoms with Crippen LogP contribution < -0.4 is 10.1 Å². The Kier molecular flexibility index (Phi) is 8.06. The van der Waals surface area contributed by atoms with Crippen LogP contribution in [0, 0.1) is 0 Å². The van der Waals surface area contributed by atoms with E-state index in [0.717, 1.165) is 39.9 Å². The van der Waals surface area contributed by atoms with E-state index in [1.165, 1.54) is 22.7 Å². The first-order valence-corrected chi connectivity index (χ1v) is 15.2. The smallest absolute Gasteiger partial charge is 0.341 e. The molecular formula is C24H27N3O6S3. The van der Waals surface area contributed by atoms with Gasteiger partial charge in [-0.05, 0) is 57.2 Å². The number of carbonyl (C=O) groups is 3. The van der Waals surface area contributed by atoms with E-state index in [1.807, 2.05) is 35.8 Å². The lowest BCUT2D eigenvalue weighted by Crippen LogP contribution is -2.28. The number of rotatable bonds is 8. The first-order valence-electron chi connectivity index (χ1n) is 11.7. The van der Waals surface area contributed by atoms with Gasteiger partial charge in [-0.2, -0.15) is 4.99 Å². The van der Waals surface area contributed by atoms with E-state index in [4.69, 9.17) is 4.74 Å². The largest absolute Gasteiger partial charge is 0.462 e. The van der Waals surface area contributed by atoms with Crippen molar-refractivity contribution < 1.29 is 27.5 Å². The lowest BCUT2D eigenvalue weighted by Gasteiger charge is -2.12. The lowest BCUT2D eigenvalue weighted by molar-refractivity contribution is -0.115. The molecule has 0 unspecified atom stereocenters. The zero-order valence-corrected chi connectivity index (χ0v) is 22.5. The van der Waals surface area contributed by atoms with E-state index >= 15 is 0 Å². The highest BCUT2D eigenvalue weighted by atomic mass is 32.2. The molecule has 1 N–H and O–H groups in total. The molecule has 0 bridgehead atoms. The highest BCUT2D eigenvalue weighted by Gasteiger charge is 2.28. The number of esters is 1. The summed E-state index contributed by atoms with van der Waals surface area (Å²) in [5, 5.41) is 2.87. The molecule has 0 fully saturated rings. The third-order valence-electron chi connectivity index (χ3n) is 5.72. The van der Waals surface area contributed by atoms with Gasteiger partial charge in [-0.15, -0.1) is 11.3 Å². The number of nitrogens with zero attached hydrogens (tertiary/aromatic N) is 2. The number of anilines is 1. The van der Waals surface area contributed by atoms with Crippen LogP contribution in [0.2, 0.25) is 0 Å². The Morgan fingerprint density at radius 2 is 1.83 bits per heavy atom. The molecule has 1 aliphatic rings. The maximum atomic E-state index is 12.7. The van der Waals surface area contributed by atoms with Crippen molar-refractivity contribution in [1.82, 2.24) is 4.57 Å². The zero-order valence-electron chi connectivity index (χ0n) is 20.0. The average Bonchev–Trinajstić information content (AvgIpc) is 3.34. The molecule has 0 saturated heterocycles. The number of amides is 2. The molecule has 2 aromatic heterocycles. The van der Waals surface area contributed by atoms with Crippen LogP contribution in [0.4, 0.5) is 5.00 Å². The SMILES string of the molecule is CCOC(=O)c1c(NC(=O)CS(=O)(=O)CC(=O)N=c2sc3ccccc3n2CC)sc2c1CCCC2. The molecule has 4 rings (SSSR count). The molecule has 3 aromatic rings. The number of fused-ring (bicyclic) bond motifs is 2. The number of carbonyl (C=O) groups excluding carboxylic acids is 3. The topological polar surface area (TPSA) is 124 Å². The minimum Gasteiger partial charge on any atom is -0.462 e. The standard InChI is InChI=1S/C24H27N3O6S3/c1-3-27-16-10-6-8-12-18(16)35-24(27)26-20(29)14-36(31,32)13-19(28)25-22-21(23(30)33-4-2)15-9-5-7-11-17(15)34-22/h6,8,10,12H,3-5,7,9,11,13-14H2,1-2H3,(H,25,28). The molecule has 12 heteroatoms. The number of hydrogen-bond acceptors (Lipinski definition) is 8. The zero-order chi connectivity index (χ0) is 25.9. The summed E-state index contributed by atoms with van der Waals surface area (Å²) >= 11 is 2.58. The minimum absolute atomic E-state index is 0.189. The number of para-hydroxylation sites is 1. The molecule has 0 spiro atoms. The third-order valence-corrected chi connectivity index (χ3v) is 9.38. The second-order valence-electron chi connectivity index (χ2n) is 8.32. The summed E-state index contributed by atoms with van der Waals surface area (Å²) in [6.07, 6.45) is 3.42. The summed E-state index contributed by atoms with van der Waals surface area (Å²) in [5.74, 6) is -3.95. The van der Waals surface area contributed by atoms with Crippen LogP contribution >= 0.6 is 22.7 Å².